The number of nitro benzene ring substituents is 1. The molecule has 0 saturated heterocycles. The number of carbonyl (C=O) groups excluding carboxylic acids is 1. The van der Waals surface area contributed by atoms with Crippen molar-refractivity contribution in [3.05, 3.63) is 50.8 Å². The zero-order valence-corrected chi connectivity index (χ0v) is 11.4. The lowest BCUT2D eigenvalue weighted by atomic mass is 10.1. The van der Waals surface area contributed by atoms with E-state index >= 15 is 0 Å². The van der Waals surface area contributed by atoms with Crippen LogP contribution in [0.2, 0.25) is 5.02 Å². The fourth-order valence-electron chi connectivity index (χ4n) is 1.67. The van der Waals surface area contributed by atoms with Crippen LogP contribution in [-0.2, 0) is 4.74 Å². The molecule has 0 aliphatic rings. The average Bonchev–Trinajstić information content (AvgIpc) is 2.77. The molecule has 0 bridgehead atoms. The zero-order valence-electron chi connectivity index (χ0n) is 10.7. The summed E-state index contributed by atoms with van der Waals surface area (Å²) in [7, 11) is 1.23. The lowest BCUT2D eigenvalue weighted by Gasteiger charge is -2.05. The van der Waals surface area contributed by atoms with Crippen LogP contribution in [0.5, 0.6) is 0 Å². The smallest absolute Gasteiger partial charge is 0.337 e. The van der Waals surface area contributed by atoms with Gasteiger partial charge in [-0.05, 0) is 19.1 Å². The van der Waals surface area contributed by atoms with Crippen molar-refractivity contribution < 1.29 is 14.5 Å². The van der Waals surface area contributed by atoms with Crippen LogP contribution in [0.15, 0.2) is 24.4 Å². The lowest BCUT2D eigenvalue weighted by Crippen LogP contribution is -2.06. The van der Waals surface area contributed by atoms with E-state index in [2.05, 4.69) is 9.84 Å². The van der Waals surface area contributed by atoms with Gasteiger partial charge in [0, 0.05) is 12.3 Å². The molecule has 0 amide bonds. The van der Waals surface area contributed by atoms with Gasteiger partial charge >= 0.3 is 5.97 Å². The standard InChI is InChI=1S/C12H10ClN3O4/c1-7-9(13)6-15(14-7)11-5-8(12(17)20-2)3-4-10(11)16(18)19/h3-6H,1-2H3. The number of nitrogens with zero attached hydrogens (tertiary/aromatic N) is 3. The first-order valence-electron chi connectivity index (χ1n) is 5.53. The van der Waals surface area contributed by atoms with E-state index < -0.39 is 10.9 Å². The van der Waals surface area contributed by atoms with Crippen LogP contribution in [0.4, 0.5) is 5.69 Å². The summed E-state index contributed by atoms with van der Waals surface area (Å²) in [6.07, 6.45) is 1.44. The van der Waals surface area contributed by atoms with E-state index in [0.29, 0.717) is 10.7 Å². The molecule has 0 N–H and O–H groups in total. The minimum atomic E-state index is -0.587. The predicted molar refractivity (Wildman–Crippen MR) is 71.3 cm³/mol. The molecule has 7 nitrogen and oxygen atoms in total. The van der Waals surface area contributed by atoms with Gasteiger partial charge in [0.1, 0.15) is 5.69 Å². The van der Waals surface area contributed by atoms with E-state index in [0.717, 1.165) is 0 Å². The quantitative estimate of drug-likeness (QED) is 0.493. The van der Waals surface area contributed by atoms with Crippen molar-refractivity contribution in [3.63, 3.8) is 0 Å². The summed E-state index contributed by atoms with van der Waals surface area (Å²) in [5, 5.41) is 15.5. The summed E-state index contributed by atoms with van der Waals surface area (Å²) in [4.78, 5) is 22.0. The summed E-state index contributed by atoms with van der Waals surface area (Å²) in [6, 6.07) is 3.89. The van der Waals surface area contributed by atoms with E-state index in [1.54, 1.807) is 6.92 Å². The maximum absolute atomic E-state index is 11.5. The van der Waals surface area contributed by atoms with Crippen LogP contribution in [0.1, 0.15) is 16.1 Å². The predicted octanol–water partition coefficient (Wildman–Crippen LogP) is 2.53. The Bertz CT molecular complexity index is 677. The van der Waals surface area contributed by atoms with E-state index in [1.807, 2.05) is 0 Å². The van der Waals surface area contributed by atoms with Crippen LogP contribution in [0.3, 0.4) is 0 Å². The number of ether oxygens (including phenoxy) is 1. The van der Waals surface area contributed by atoms with Gasteiger partial charge in [-0.1, -0.05) is 11.6 Å². The number of carbonyl (C=O) groups is 1. The largest absolute Gasteiger partial charge is 0.465 e. The van der Waals surface area contributed by atoms with Gasteiger partial charge in [0.05, 0.1) is 28.3 Å². The Kier molecular flexibility index (Phi) is 3.71. The highest BCUT2D eigenvalue weighted by Crippen LogP contribution is 2.26. The number of hydrogen-bond donors (Lipinski definition) is 0. The Labute approximate surface area is 118 Å². The molecule has 0 aliphatic carbocycles. The Morgan fingerprint density at radius 1 is 1.50 bits per heavy atom. The fraction of sp³-hybridized carbons (Fsp3) is 0.167. The fourth-order valence-corrected chi connectivity index (χ4v) is 1.80. The molecule has 1 aromatic heterocycles. The molecule has 1 aromatic carbocycles. The highest BCUT2D eigenvalue weighted by Gasteiger charge is 2.20. The molecule has 0 unspecified atom stereocenters. The number of rotatable bonds is 3. The Balaban J connectivity index is 2.63. The van der Waals surface area contributed by atoms with E-state index in [1.165, 1.54) is 36.2 Å². The molecule has 1 heterocycles. The molecule has 2 aromatic rings. The molecule has 0 fully saturated rings. The molecule has 8 heteroatoms. The van der Waals surface area contributed by atoms with Crippen molar-refractivity contribution in [2.45, 2.75) is 6.92 Å². The maximum atomic E-state index is 11.5. The van der Waals surface area contributed by atoms with E-state index in [9.17, 15) is 14.9 Å². The molecule has 2 rings (SSSR count). The van der Waals surface area contributed by atoms with Crippen LogP contribution in [0, 0.1) is 17.0 Å². The summed E-state index contributed by atoms with van der Waals surface area (Å²) >= 11 is 5.90. The number of halogens is 1. The van der Waals surface area contributed by atoms with Gasteiger partial charge in [-0.3, -0.25) is 10.1 Å². The van der Waals surface area contributed by atoms with Gasteiger partial charge < -0.3 is 4.74 Å². The summed E-state index contributed by atoms with van der Waals surface area (Å²) in [6.45, 7) is 1.68. The van der Waals surface area contributed by atoms with Crippen molar-refractivity contribution in [3.8, 4) is 5.69 Å². The molecule has 0 aliphatic heterocycles. The number of esters is 1. The second-order valence-electron chi connectivity index (χ2n) is 3.96. The molecular weight excluding hydrogens is 286 g/mol. The van der Waals surface area contributed by atoms with Gasteiger partial charge in [0.25, 0.3) is 5.69 Å². The third kappa shape index (κ3) is 2.48. The molecule has 0 spiro atoms. The second-order valence-corrected chi connectivity index (χ2v) is 4.37. The van der Waals surface area contributed by atoms with Gasteiger partial charge in [0.15, 0.2) is 0 Å². The monoisotopic (exact) mass is 295 g/mol. The van der Waals surface area contributed by atoms with Gasteiger partial charge in [-0.25, -0.2) is 9.48 Å². The molecule has 0 radical (unpaired) electrons. The van der Waals surface area contributed by atoms with Crippen molar-refractivity contribution >= 4 is 23.3 Å². The van der Waals surface area contributed by atoms with Crippen molar-refractivity contribution in [1.29, 1.82) is 0 Å². The summed E-state index contributed by atoms with van der Waals surface area (Å²) in [5.74, 6) is -0.587. The zero-order chi connectivity index (χ0) is 14.9. The molecular formula is C12H10ClN3O4. The maximum Gasteiger partial charge on any atom is 0.337 e. The minimum Gasteiger partial charge on any atom is -0.465 e. The van der Waals surface area contributed by atoms with E-state index in [-0.39, 0.29) is 16.9 Å². The first-order valence-corrected chi connectivity index (χ1v) is 5.90. The highest BCUT2D eigenvalue weighted by atomic mass is 35.5. The molecule has 104 valence electrons. The van der Waals surface area contributed by atoms with Crippen molar-refractivity contribution in [1.82, 2.24) is 9.78 Å². The number of nitro groups is 1. The third-order valence-corrected chi connectivity index (χ3v) is 3.05. The first kappa shape index (κ1) is 14.0. The van der Waals surface area contributed by atoms with Gasteiger partial charge in [-0.2, -0.15) is 5.10 Å². The minimum absolute atomic E-state index is 0.146. The number of aromatic nitrogens is 2. The average molecular weight is 296 g/mol. The Morgan fingerprint density at radius 2 is 2.20 bits per heavy atom. The first-order chi connectivity index (χ1) is 9.43. The lowest BCUT2D eigenvalue weighted by molar-refractivity contribution is -0.384. The SMILES string of the molecule is COC(=O)c1ccc([N+](=O)[O-])c(-n2cc(Cl)c(C)n2)c1. The molecule has 0 saturated carbocycles. The van der Waals surface area contributed by atoms with Crippen molar-refractivity contribution in [2.24, 2.45) is 0 Å². The van der Waals surface area contributed by atoms with Crippen LogP contribution >= 0.6 is 11.6 Å². The topological polar surface area (TPSA) is 87.3 Å². The van der Waals surface area contributed by atoms with Crippen LogP contribution in [0.25, 0.3) is 5.69 Å². The van der Waals surface area contributed by atoms with Crippen LogP contribution < -0.4 is 0 Å². The number of methoxy groups -OCH3 is 1. The molecule has 0 atom stereocenters. The summed E-state index contributed by atoms with van der Waals surface area (Å²) in [5.41, 5.74) is 0.687. The third-order valence-electron chi connectivity index (χ3n) is 2.68. The van der Waals surface area contributed by atoms with Gasteiger partial charge in [-0.15, -0.1) is 0 Å². The second kappa shape index (κ2) is 5.30. The van der Waals surface area contributed by atoms with E-state index in [4.69, 9.17) is 11.6 Å². The van der Waals surface area contributed by atoms with Crippen LogP contribution in [-0.4, -0.2) is 27.8 Å². The summed E-state index contributed by atoms with van der Waals surface area (Å²) < 4.78 is 5.86. The normalized spacial score (nSPS) is 10.3. The Hall–Kier alpha value is -2.41. The number of hydrogen-bond acceptors (Lipinski definition) is 5. The van der Waals surface area contributed by atoms with Crippen molar-refractivity contribution in [2.75, 3.05) is 7.11 Å². The van der Waals surface area contributed by atoms with Gasteiger partial charge in [0.2, 0.25) is 0 Å². The molecule has 20 heavy (non-hydrogen) atoms. The number of benzene rings is 1. The number of aryl methyl sites for hydroxylation is 1. The highest BCUT2D eigenvalue weighted by molar-refractivity contribution is 6.31. The Morgan fingerprint density at radius 3 is 2.70 bits per heavy atom.